The van der Waals surface area contributed by atoms with Crippen molar-refractivity contribution in [2.45, 2.75) is 31.7 Å². The molecule has 0 radical (unpaired) electrons. The van der Waals surface area contributed by atoms with E-state index in [0.717, 1.165) is 16.7 Å². The second-order valence-electron chi connectivity index (χ2n) is 6.59. The van der Waals surface area contributed by atoms with Crippen LogP contribution in [0.5, 0.6) is 0 Å². The fourth-order valence-corrected chi connectivity index (χ4v) is 4.86. The molecular formula is C21H22ClN3O2S. The zero-order valence-corrected chi connectivity index (χ0v) is 17.6. The predicted molar refractivity (Wildman–Crippen MR) is 111 cm³/mol. The molecule has 3 rings (SSSR count). The average molecular weight is 416 g/mol. The quantitative estimate of drug-likeness (QED) is 0.554. The van der Waals surface area contributed by atoms with Crippen molar-refractivity contribution in [2.24, 2.45) is 0 Å². The Bertz CT molecular complexity index is 1050. The lowest BCUT2D eigenvalue weighted by atomic mass is 9.99. The van der Waals surface area contributed by atoms with Crippen LogP contribution in [-0.2, 0) is 10.0 Å². The number of rotatable bonds is 6. The molecule has 0 bridgehead atoms. The van der Waals surface area contributed by atoms with Crippen LogP contribution >= 0.6 is 11.6 Å². The number of halogens is 1. The summed E-state index contributed by atoms with van der Waals surface area (Å²) in [4.78, 5) is 8.34. The Balaban J connectivity index is 2.15. The fraction of sp³-hybridized carbons (Fsp3) is 0.238. The predicted octanol–water partition coefficient (Wildman–Crippen LogP) is 4.55. The second-order valence-corrected chi connectivity index (χ2v) is 8.84. The summed E-state index contributed by atoms with van der Waals surface area (Å²) in [6, 6.07) is 12.6. The van der Waals surface area contributed by atoms with Crippen LogP contribution in [0.4, 0.5) is 0 Å². The molecule has 2 heterocycles. The van der Waals surface area contributed by atoms with Gasteiger partial charge in [-0.2, -0.15) is 4.31 Å². The van der Waals surface area contributed by atoms with E-state index in [-0.39, 0.29) is 11.4 Å². The highest BCUT2D eigenvalue weighted by molar-refractivity contribution is 7.89. The van der Waals surface area contributed by atoms with Gasteiger partial charge < -0.3 is 0 Å². The fourth-order valence-electron chi connectivity index (χ4n) is 3.11. The summed E-state index contributed by atoms with van der Waals surface area (Å²) in [5.41, 5.74) is 3.40. The van der Waals surface area contributed by atoms with Crippen LogP contribution < -0.4 is 0 Å². The van der Waals surface area contributed by atoms with Crippen LogP contribution in [0.25, 0.3) is 0 Å². The monoisotopic (exact) mass is 415 g/mol. The molecular weight excluding hydrogens is 394 g/mol. The van der Waals surface area contributed by atoms with Crippen molar-refractivity contribution in [3.05, 3.63) is 88.5 Å². The lowest BCUT2D eigenvalue weighted by molar-refractivity contribution is 0.374. The van der Waals surface area contributed by atoms with Crippen molar-refractivity contribution in [2.75, 3.05) is 6.54 Å². The van der Waals surface area contributed by atoms with Crippen LogP contribution in [0.2, 0.25) is 5.15 Å². The summed E-state index contributed by atoms with van der Waals surface area (Å²) >= 11 is 5.99. The molecule has 7 heteroatoms. The Kier molecular flexibility index (Phi) is 6.13. The lowest BCUT2D eigenvalue weighted by Crippen LogP contribution is -2.35. The van der Waals surface area contributed by atoms with Gasteiger partial charge in [-0.05, 0) is 42.7 Å². The number of aryl methyl sites for hydroxylation is 2. The van der Waals surface area contributed by atoms with Crippen LogP contribution in [0.1, 0.15) is 35.2 Å². The minimum atomic E-state index is -3.81. The van der Waals surface area contributed by atoms with E-state index < -0.39 is 16.1 Å². The maximum Gasteiger partial charge on any atom is 0.245 e. The van der Waals surface area contributed by atoms with Gasteiger partial charge in [0.05, 0.1) is 6.04 Å². The van der Waals surface area contributed by atoms with E-state index in [4.69, 9.17) is 11.6 Å². The number of benzene rings is 1. The first-order chi connectivity index (χ1) is 13.3. The standard InChI is InChI=1S/C21H22ClN3O2S/c1-4-25(28(26,27)19-12-16(3)21(22)24-14-19)20(18-6-5-11-23-13-18)17-9-7-15(2)8-10-17/h5-14,20H,4H2,1-3H3. The third-order valence-corrected chi connectivity index (χ3v) is 6.89. The summed E-state index contributed by atoms with van der Waals surface area (Å²) < 4.78 is 28.5. The van der Waals surface area contributed by atoms with E-state index in [2.05, 4.69) is 9.97 Å². The normalized spacial score (nSPS) is 12.9. The molecule has 0 aliphatic carbocycles. The molecule has 0 amide bonds. The highest BCUT2D eigenvalue weighted by Crippen LogP contribution is 2.33. The first-order valence-corrected chi connectivity index (χ1v) is 10.8. The highest BCUT2D eigenvalue weighted by atomic mass is 35.5. The largest absolute Gasteiger partial charge is 0.264 e. The summed E-state index contributed by atoms with van der Waals surface area (Å²) in [5, 5.41) is 0.296. The van der Waals surface area contributed by atoms with E-state index in [1.807, 2.05) is 50.2 Å². The topological polar surface area (TPSA) is 63.2 Å². The zero-order valence-electron chi connectivity index (χ0n) is 16.0. The molecule has 28 heavy (non-hydrogen) atoms. The maximum atomic E-state index is 13.5. The van der Waals surface area contributed by atoms with Crippen LogP contribution in [0.3, 0.4) is 0 Å². The third-order valence-electron chi connectivity index (χ3n) is 4.59. The molecule has 1 aromatic carbocycles. The first kappa shape index (κ1) is 20.5. The van der Waals surface area contributed by atoms with Crippen molar-refractivity contribution < 1.29 is 8.42 Å². The molecule has 1 atom stereocenters. The van der Waals surface area contributed by atoms with Crippen molar-refractivity contribution in [3.63, 3.8) is 0 Å². The van der Waals surface area contributed by atoms with Gasteiger partial charge in [0.25, 0.3) is 0 Å². The van der Waals surface area contributed by atoms with Gasteiger partial charge in [0.15, 0.2) is 0 Å². The first-order valence-electron chi connectivity index (χ1n) is 8.95. The Morgan fingerprint density at radius 2 is 1.79 bits per heavy atom. The van der Waals surface area contributed by atoms with E-state index >= 15 is 0 Å². The average Bonchev–Trinajstić information content (AvgIpc) is 2.69. The molecule has 0 saturated heterocycles. The number of pyridine rings is 2. The number of hydrogen-bond donors (Lipinski definition) is 0. The zero-order chi connectivity index (χ0) is 20.3. The summed E-state index contributed by atoms with van der Waals surface area (Å²) in [5.74, 6) is 0. The number of aromatic nitrogens is 2. The molecule has 1 unspecified atom stereocenters. The van der Waals surface area contributed by atoms with Crippen LogP contribution in [0.15, 0.2) is 66.0 Å². The van der Waals surface area contributed by atoms with Gasteiger partial charge in [0, 0.05) is 25.1 Å². The molecule has 0 aliphatic rings. The summed E-state index contributed by atoms with van der Waals surface area (Å²) in [6.07, 6.45) is 4.68. The molecule has 0 spiro atoms. The Labute approximate surface area is 171 Å². The molecule has 0 fully saturated rings. The maximum absolute atomic E-state index is 13.5. The summed E-state index contributed by atoms with van der Waals surface area (Å²) in [6.45, 7) is 5.85. The van der Waals surface area contributed by atoms with Gasteiger partial charge in [0.2, 0.25) is 10.0 Å². The SMILES string of the molecule is CCN(C(c1ccc(C)cc1)c1cccnc1)S(=O)(=O)c1cnc(Cl)c(C)c1. The molecule has 0 aliphatic heterocycles. The molecule has 3 aromatic rings. The third kappa shape index (κ3) is 4.09. The van der Waals surface area contributed by atoms with Crippen LogP contribution in [0, 0.1) is 13.8 Å². The Morgan fingerprint density at radius 1 is 1.07 bits per heavy atom. The van der Waals surface area contributed by atoms with Crippen molar-refractivity contribution in [1.82, 2.24) is 14.3 Å². The van der Waals surface area contributed by atoms with E-state index in [0.29, 0.717) is 10.7 Å². The van der Waals surface area contributed by atoms with Crippen molar-refractivity contribution >= 4 is 21.6 Å². The van der Waals surface area contributed by atoms with Gasteiger partial charge in [-0.1, -0.05) is 54.4 Å². The van der Waals surface area contributed by atoms with Gasteiger partial charge in [-0.3, -0.25) is 4.98 Å². The number of hydrogen-bond acceptors (Lipinski definition) is 4. The highest BCUT2D eigenvalue weighted by Gasteiger charge is 2.33. The minimum absolute atomic E-state index is 0.122. The van der Waals surface area contributed by atoms with Gasteiger partial charge in [0.1, 0.15) is 10.0 Å². The second kappa shape index (κ2) is 8.39. The van der Waals surface area contributed by atoms with Gasteiger partial charge in [-0.15, -0.1) is 0 Å². The molecule has 146 valence electrons. The molecule has 0 saturated carbocycles. The smallest absolute Gasteiger partial charge is 0.245 e. The Hall–Kier alpha value is -2.28. The molecule has 5 nitrogen and oxygen atoms in total. The van der Waals surface area contributed by atoms with Crippen molar-refractivity contribution in [3.8, 4) is 0 Å². The van der Waals surface area contributed by atoms with E-state index in [1.54, 1.807) is 25.4 Å². The van der Waals surface area contributed by atoms with Crippen LogP contribution in [-0.4, -0.2) is 29.2 Å². The van der Waals surface area contributed by atoms with E-state index in [1.165, 1.54) is 10.5 Å². The number of sulfonamides is 1. The minimum Gasteiger partial charge on any atom is -0.264 e. The summed E-state index contributed by atoms with van der Waals surface area (Å²) in [7, 11) is -3.81. The van der Waals surface area contributed by atoms with Gasteiger partial charge >= 0.3 is 0 Å². The number of nitrogens with zero attached hydrogens (tertiary/aromatic N) is 3. The lowest BCUT2D eigenvalue weighted by Gasteiger charge is -2.30. The van der Waals surface area contributed by atoms with Gasteiger partial charge in [-0.25, -0.2) is 13.4 Å². The Morgan fingerprint density at radius 3 is 2.36 bits per heavy atom. The molecule has 0 N–H and O–H groups in total. The molecule has 2 aromatic heterocycles. The van der Waals surface area contributed by atoms with E-state index in [9.17, 15) is 8.42 Å². The van der Waals surface area contributed by atoms with Crippen molar-refractivity contribution in [1.29, 1.82) is 0 Å².